The highest BCUT2D eigenvalue weighted by molar-refractivity contribution is 5.92. The molecule has 24 heavy (non-hydrogen) atoms. The number of amides is 1. The van der Waals surface area contributed by atoms with Crippen LogP contribution in [-0.2, 0) is 0 Å². The van der Waals surface area contributed by atoms with Gasteiger partial charge >= 0.3 is 0 Å². The Balaban J connectivity index is 0.00000208. The Morgan fingerprint density at radius 1 is 1.29 bits per heavy atom. The van der Waals surface area contributed by atoms with E-state index in [1.54, 1.807) is 0 Å². The number of benzene rings is 1. The van der Waals surface area contributed by atoms with Crippen LogP contribution in [0.3, 0.4) is 0 Å². The zero-order valence-electron chi connectivity index (χ0n) is 14.1. The van der Waals surface area contributed by atoms with Gasteiger partial charge in [0.05, 0.1) is 0 Å². The number of nitrogens with zero attached hydrogens (tertiary/aromatic N) is 1. The largest absolute Gasteiger partial charge is 0.349 e. The first-order chi connectivity index (χ1) is 11.0. The first-order valence-corrected chi connectivity index (χ1v) is 8.23. The van der Waals surface area contributed by atoms with Crippen molar-refractivity contribution < 1.29 is 4.79 Å². The molecule has 3 rings (SSSR count). The minimum atomic E-state index is -0.220. The molecule has 0 aliphatic heterocycles. The van der Waals surface area contributed by atoms with Crippen LogP contribution >= 0.6 is 12.4 Å². The van der Waals surface area contributed by atoms with Gasteiger partial charge < -0.3 is 11.1 Å². The molecule has 2 aromatic rings. The summed E-state index contributed by atoms with van der Waals surface area (Å²) in [5.74, 6) is 0.883. The Morgan fingerprint density at radius 2 is 1.92 bits per heavy atom. The summed E-state index contributed by atoms with van der Waals surface area (Å²) in [6.07, 6.45) is 2.36. The number of nitrogens with one attached hydrogen (secondary N) is 2. The number of H-pyrrole nitrogens is 1. The number of aromatic amines is 1. The van der Waals surface area contributed by atoms with Gasteiger partial charge in [-0.25, -0.2) is 0 Å². The van der Waals surface area contributed by atoms with E-state index in [1.807, 2.05) is 18.2 Å². The van der Waals surface area contributed by atoms with Crippen molar-refractivity contribution in [2.45, 2.75) is 44.6 Å². The molecule has 130 valence electrons. The van der Waals surface area contributed by atoms with E-state index in [0.717, 1.165) is 11.3 Å². The van der Waals surface area contributed by atoms with E-state index in [4.69, 9.17) is 5.73 Å². The number of halogens is 1. The Hall–Kier alpha value is -1.85. The van der Waals surface area contributed by atoms with E-state index in [-0.39, 0.29) is 24.4 Å². The minimum Gasteiger partial charge on any atom is -0.349 e. The zero-order chi connectivity index (χ0) is 16.4. The number of hydrogen-bond acceptors (Lipinski definition) is 3. The van der Waals surface area contributed by atoms with E-state index in [0.29, 0.717) is 24.1 Å². The maximum absolute atomic E-state index is 12.1. The molecule has 1 aromatic heterocycles. The number of nitrogens with two attached hydrogens (primary N) is 1. The smallest absolute Gasteiger partial charge is 0.271 e. The van der Waals surface area contributed by atoms with Crippen molar-refractivity contribution in [3.63, 3.8) is 0 Å². The average Bonchev–Trinajstić information content (AvgIpc) is 3.29. The van der Waals surface area contributed by atoms with Crippen molar-refractivity contribution >= 4 is 18.3 Å². The molecule has 1 unspecified atom stereocenters. The summed E-state index contributed by atoms with van der Waals surface area (Å²) in [5.41, 5.74) is 9.98. The fourth-order valence-corrected chi connectivity index (χ4v) is 2.60. The monoisotopic (exact) mass is 348 g/mol. The molecule has 1 heterocycles. The molecule has 5 nitrogen and oxygen atoms in total. The summed E-state index contributed by atoms with van der Waals surface area (Å²) >= 11 is 0. The van der Waals surface area contributed by atoms with Crippen molar-refractivity contribution in [1.29, 1.82) is 0 Å². The lowest BCUT2D eigenvalue weighted by Gasteiger charge is -2.14. The molecule has 1 aliphatic rings. The molecule has 1 atom stereocenters. The van der Waals surface area contributed by atoms with E-state index in [2.05, 4.69) is 41.5 Å². The molecule has 0 radical (unpaired) electrons. The van der Waals surface area contributed by atoms with Gasteiger partial charge in [0.2, 0.25) is 0 Å². The molecule has 1 saturated carbocycles. The van der Waals surface area contributed by atoms with Crippen molar-refractivity contribution in [2.24, 2.45) is 5.73 Å². The number of aromatic nitrogens is 2. The van der Waals surface area contributed by atoms with Gasteiger partial charge in [-0.15, -0.1) is 12.4 Å². The summed E-state index contributed by atoms with van der Waals surface area (Å²) in [4.78, 5) is 12.1. The van der Waals surface area contributed by atoms with Gasteiger partial charge in [-0.2, -0.15) is 5.10 Å². The number of hydrogen-bond donors (Lipinski definition) is 3. The second kappa shape index (κ2) is 7.81. The summed E-state index contributed by atoms with van der Waals surface area (Å²) in [5, 5.41) is 9.88. The molecule has 1 fully saturated rings. The van der Waals surface area contributed by atoms with Crippen molar-refractivity contribution in [3.05, 3.63) is 52.8 Å². The third kappa shape index (κ3) is 4.36. The van der Waals surface area contributed by atoms with Gasteiger partial charge in [-0.3, -0.25) is 9.89 Å². The number of carbonyl (C=O) groups excluding carboxylic acids is 1. The zero-order valence-corrected chi connectivity index (χ0v) is 14.9. The van der Waals surface area contributed by atoms with Gasteiger partial charge in [0.15, 0.2) is 0 Å². The topological polar surface area (TPSA) is 83.8 Å². The SMILES string of the molecule is CC(C)c1ccc(C(N)CNC(=O)c2cc(C3CC3)[nH]n2)cc1.Cl. The molecule has 0 saturated heterocycles. The van der Waals surface area contributed by atoms with Crippen LogP contribution in [0.15, 0.2) is 30.3 Å². The first kappa shape index (κ1) is 18.5. The molecule has 6 heteroatoms. The Kier molecular flexibility index (Phi) is 6.02. The molecular formula is C18H25ClN4O. The van der Waals surface area contributed by atoms with E-state index in [9.17, 15) is 4.79 Å². The second-order valence-electron chi connectivity index (χ2n) is 6.62. The fourth-order valence-electron chi connectivity index (χ4n) is 2.60. The molecule has 0 spiro atoms. The third-order valence-corrected chi connectivity index (χ3v) is 4.36. The van der Waals surface area contributed by atoms with Crippen LogP contribution in [0.4, 0.5) is 0 Å². The van der Waals surface area contributed by atoms with E-state index in [1.165, 1.54) is 18.4 Å². The maximum Gasteiger partial charge on any atom is 0.271 e. The van der Waals surface area contributed by atoms with Crippen LogP contribution in [0.1, 0.15) is 71.9 Å². The third-order valence-electron chi connectivity index (χ3n) is 4.36. The van der Waals surface area contributed by atoms with Crippen LogP contribution in [0, 0.1) is 0 Å². The highest BCUT2D eigenvalue weighted by atomic mass is 35.5. The molecule has 1 amide bonds. The lowest BCUT2D eigenvalue weighted by molar-refractivity contribution is 0.0946. The fraction of sp³-hybridized carbons (Fsp3) is 0.444. The quantitative estimate of drug-likeness (QED) is 0.749. The molecule has 1 aromatic carbocycles. The highest BCUT2D eigenvalue weighted by Crippen LogP contribution is 2.38. The average molecular weight is 349 g/mol. The summed E-state index contributed by atoms with van der Waals surface area (Å²) in [6.45, 7) is 4.72. The van der Waals surface area contributed by atoms with Crippen LogP contribution in [0.5, 0.6) is 0 Å². The Labute approximate surface area is 148 Å². The molecule has 4 N–H and O–H groups in total. The predicted molar refractivity (Wildman–Crippen MR) is 97.6 cm³/mol. The van der Waals surface area contributed by atoms with Crippen molar-refractivity contribution in [3.8, 4) is 0 Å². The predicted octanol–water partition coefficient (Wildman–Crippen LogP) is 3.26. The molecule has 1 aliphatic carbocycles. The van der Waals surface area contributed by atoms with Crippen molar-refractivity contribution in [2.75, 3.05) is 6.54 Å². The number of rotatable bonds is 6. The van der Waals surface area contributed by atoms with Crippen LogP contribution < -0.4 is 11.1 Å². The summed E-state index contributed by atoms with van der Waals surface area (Å²) < 4.78 is 0. The van der Waals surface area contributed by atoms with Crippen LogP contribution in [0.2, 0.25) is 0 Å². The van der Waals surface area contributed by atoms with Gasteiger partial charge in [-0.05, 0) is 36.0 Å². The van der Waals surface area contributed by atoms with Crippen molar-refractivity contribution in [1.82, 2.24) is 15.5 Å². The van der Waals surface area contributed by atoms with Gasteiger partial charge in [0.25, 0.3) is 5.91 Å². The summed E-state index contributed by atoms with van der Waals surface area (Å²) in [7, 11) is 0. The number of carbonyl (C=O) groups is 1. The highest BCUT2D eigenvalue weighted by Gasteiger charge is 2.26. The molecule has 0 bridgehead atoms. The van der Waals surface area contributed by atoms with E-state index < -0.39 is 0 Å². The van der Waals surface area contributed by atoms with E-state index >= 15 is 0 Å². The lowest BCUT2D eigenvalue weighted by atomic mass is 9.99. The first-order valence-electron chi connectivity index (χ1n) is 8.23. The molecular weight excluding hydrogens is 324 g/mol. The maximum atomic E-state index is 12.1. The van der Waals surface area contributed by atoms with Gasteiger partial charge in [0.1, 0.15) is 5.69 Å². The van der Waals surface area contributed by atoms with Crippen LogP contribution in [0.25, 0.3) is 0 Å². The lowest BCUT2D eigenvalue weighted by Crippen LogP contribution is -2.32. The Morgan fingerprint density at radius 3 is 2.50 bits per heavy atom. The van der Waals surface area contributed by atoms with Crippen LogP contribution in [-0.4, -0.2) is 22.6 Å². The van der Waals surface area contributed by atoms with Gasteiger partial charge in [-0.1, -0.05) is 38.1 Å². The Bertz CT molecular complexity index is 677. The normalized spacial score (nSPS) is 15.0. The summed E-state index contributed by atoms with van der Waals surface area (Å²) in [6, 6.07) is 9.88. The minimum absolute atomic E-state index is 0. The van der Waals surface area contributed by atoms with Gasteiger partial charge in [0, 0.05) is 24.2 Å². The second-order valence-corrected chi connectivity index (χ2v) is 6.62. The standard InChI is InChI=1S/C18H24N4O.ClH/c1-11(2)12-3-5-13(6-4-12)15(19)10-20-18(23)17-9-16(21-22-17)14-7-8-14;/h3-6,9,11,14-15H,7-8,10,19H2,1-2H3,(H,20,23)(H,21,22);1H.